The second kappa shape index (κ2) is 5.60. The fourth-order valence-electron chi connectivity index (χ4n) is 2.19. The van der Waals surface area contributed by atoms with Crippen LogP contribution in [0.3, 0.4) is 0 Å². The number of aromatic nitrogens is 2. The number of furan rings is 1. The summed E-state index contributed by atoms with van der Waals surface area (Å²) >= 11 is 1.24. The third-order valence-electron chi connectivity index (χ3n) is 3.15. The fourth-order valence-corrected chi connectivity index (χ4v) is 3.16. The van der Waals surface area contributed by atoms with Gasteiger partial charge < -0.3 is 18.3 Å². The number of ether oxygens (including phenoxy) is 2. The van der Waals surface area contributed by atoms with Crippen molar-refractivity contribution in [2.75, 3.05) is 13.2 Å². The molecule has 7 heteroatoms. The molecule has 3 heterocycles. The zero-order chi connectivity index (χ0) is 14.8. The molecule has 22 heavy (non-hydrogen) atoms. The van der Waals surface area contributed by atoms with Crippen LogP contribution in [-0.4, -0.2) is 23.4 Å². The molecule has 0 radical (unpaired) electrons. The van der Waals surface area contributed by atoms with E-state index in [-0.39, 0.29) is 0 Å². The van der Waals surface area contributed by atoms with E-state index in [1.54, 1.807) is 18.4 Å². The summed E-state index contributed by atoms with van der Waals surface area (Å²) in [6.45, 7) is 1.03. The molecule has 0 spiro atoms. The number of hydrogen-bond acceptors (Lipinski definition) is 7. The summed E-state index contributed by atoms with van der Waals surface area (Å²) in [6, 6.07) is 13.2. The molecule has 0 unspecified atom stereocenters. The molecule has 0 atom stereocenters. The van der Waals surface area contributed by atoms with Crippen LogP contribution in [0.1, 0.15) is 5.56 Å². The highest BCUT2D eigenvalue weighted by Gasteiger charge is 2.42. The molecule has 1 aromatic carbocycles. The van der Waals surface area contributed by atoms with Crippen molar-refractivity contribution in [3.8, 4) is 11.7 Å². The molecule has 2 aromatic heterocycles. The Hall–Kier alpha value is -2.09. The zero-order valence-corrected chi connectivity index (χ0v) is 12.3. The van der Waals surface area contributed by atoms with E-state index in [0.29, 0.717) is 30.1 Å². The molecule has 0 aliphatic carbocycles. The van der Waals surface area contributed by atoms with Crippen molar-refractivity contribution in [3.63, 3.8) is 0 Å². The average molecular weight is 316 g/mol. The average Bonchev–Trinajstić information content (AvgIpc) is 3.30. The van der Waals surface area contributed by atoms with Crippen molar-refractivity contribution >= 4 is 11.8 Å². The molecule has 1 aliphatic heterocycles. The Bertz CT molecular complexity index is 736. The molecular formula is C15H12N2O4S. The Morgan fingerprint density at radius 2 is 1.77 bits per heavy atom. The second-order valence-electron chi connectivity index (χ2n) is 4.57. The summed E-state index contributed by atoms with van der Waals surface area (Å²) in [5.41, 5.74) is 0.898. The number of benzene rings is 1. The Morgan fingerprint density at radius 3 is 2.50 bits per heavy atom. The van der Waals surface area contributed by atoms with Gasteiger partial charge in [0.1, 0.15) is 0 Å². The summed E-state index contributed by atoms with van der Waals surface area (Å²) in [5.74, 6) is 0.857. The molecule has 1 aliphatic rings. The SMILES string of the molecule is c1ccc(C2(Sc3nnc(-c4ccco4)o3)OCCO2)cc1. The van der Waals surface area contributed by atoms with Gasteiger partial charge in [0.05, 0.1) is 19.5 Å². The van der Waals surface area contributed by atoms with Crippen molar-refractivity contribution in [1.82, 2.24) is 10.2 Å². The summed E-state index contributed by atoms with van der Waals surface area (Å²) in [4.78, 5) is 0. The van der Waals surface area contributed by atoms with Gasteiger partial charge in [-0.15, -0.1) is 10.2 Å². The first-order valence-electron chi connectivity index (χ1n) is 6.76. The quantitative estimate of drug-likeness (QED) is 0.731. The standard InChI is InChI=1S/C15H12N2O4S/c1-2-5-11(6-3-1)15(19-9-10-20-15)22-14-17-16-13(21-14)12-7-4-8-18-12/h1-8H,9-10H2. The maximum Gasteiger partial charge on any atom is 0.284 e. The van der Waals surface area contributed by atoms with E-state index in [4.69, 9.17) is 18.3 Å². The van der Waals surface area contributed by atoms with Crippen LogP contribution in [0.2, 0.25) is 0 Å². The van der Waals surface area contributed by atoms with Crippen LogP contribution in [-0.2, 0) is 14.6 Å². The van der Waals surface area contributed by atoms with E-state index in [1.807, 2.05) is 30.3 Å². The lowest BCUT2D eigenvalue weighted by Crippen LogP contribution is -2.22. The molecular weight excluding hydrogens is 304 g/mol. The van der Waals surface area contributed by atoms with Gasteiger partial charge in [0.25, 0.3) is 16.2 Å². The van der Waals surface area contributed by atoms with Crippen LogP contribution in [0, 0.1) is 0 Å². The number of rotatable bonds is 4. The van der Waals surface area contributed by atoms with E-state index in [1.165, 1.54) is 11.8 Å². The van der Waals surface area contributed by atoms with Gasteiger partial charge in [-0.2, -0.15) is 0 Å². The van der Waals surface area contributed by atoms with E-state index in [2.05, 4.69) is 10.2 Å². The molecule has 0 amide bonds. The van der Waals surface area contributed by atoms with Crippen molar-refractivity contribution in [1.29, 1.82) is 0 Å². The van der Waals surface area contributed by atoms with E-state index >= 15 is 0 Å². The third-order valence-corrected chi connectivity index (χ3v) is 4.23. The monoisotopic (exact) mass is 316 g/mol. The van der Waals surface area contributed by atoms with Crippen molar-refractivity contribution in [3.05, 3.63) is 54.3 Å². The van der Waals surface area contributed by atoms with Crippen LogP contribution < -0.4 is 0 Å². The maximum absolute atomic E-state index is 5.82. The molecule has 1 saturated heterocycles. The lowest BCUT2D eigenvalue weighted by atomic mass is 10.2. The molecule has 112 valence electrons. The Balaban J connectivity index is 1.63. The molecule has 1 fully saturated rings. The van der Waals surface area contributed by atoms with Crippen LogP contribution >= 0.6 is 11.8 Å². The van der Waals surface area contributed by atoms with Gasteiger partial charge in [-0.25, -0.2) is 0 Å². The minimum Gasteiger partial charge on any atom is -0.459 e. The van der Waals surface area contributed by atoms with E-state index in [9.17, 15) is 0 Å². The number of nitrogens with zero attached hydrogens (tertiary/aromatic N) is 2. The van der Waals surface area contributed by atoms with Gasteiger partial charge in [-0.1, -0.05) is 30.3 Å². The summed E-state index contributed by atoms with van der Waals surface area (Å²) < 4.78 is 22.5. The van der Waals surface area contributed by atoms with Crippen molar-refractivity contribution in [2.45, 2.75) is 10.3 Å². The van der Waals surface area contributed by atoms with Gasteiger partial charge >= 0.3 is 0 Å². The molecule has 6 nitrogen and oxygen atoms in total. The lowest BCUT2D eigenvalue weighted by Gasteiger charge is -2.24. The van der Waals surface area contributed by atoms with Gasteiger partial charge in [0.2, 0.25) is 0 Å². The molecule has 4 rings (SSSR count). The molecule has 3 aromatic rings. The third kappa shape index (κ3) is 2.43. The highest BCUT2D eigenvalue weighted by molar-refractivity contribution is 7.99. The molecule has 0 N–H and O–H groups in total. The van der Waals surface area contributed by atoms with Crippen molar-refractivity contribution in [2.24, 2.45) is 0 Å². The van der Waals surface area contributed by atoms with Gasteiger partial charge in [0.15, 0.2) is 5.76 Å². The van der Waals surface area contributed by atoms with Gasteiger partial charge in [-0.3, -0.25) is 0 Å². The highest BCUT2D eigenvalue weighted by atomic mass is 32.2. The van der Waals surface area contributed by atoms with Crippen LogP contribution in [0.25, 0.3) is 11.7 Å². The summed E-state index contributed by atoms with van der Waals surface area (Å²) in [5, 5.41) is 7.42. The predicted molar refractivity (Wildman–Crippen MR) is 77.9 cm³/mol. The summed E-state index contributed by atoms with van der Waals surface area (Å²) in [7, 11) is 0. The first kappa shape index (κ1) is 13.6. The first-order valence-corrected chi connectivity index (χ1v) is 7.57. The van der Waals surface area contributed by atoms with E-state index in [0.717, 1.165) is 5.56 Å². The second-order valence-corrected chi connectivity index (χ2v) is 5.66. The smallest absolute Gasteiger partial charge is 0.284 e. The predicted octanol–water partition coefficient (Wildman–Crippen LogP) is 3.28. The van der Waals surface area contributed by atoms with Crippen molar-refractivity contribution < 1.29 is 18.3 Å². The Morgan fingerprint density at radius 1 is 0.955 bits per heavy atom. The summed E-state index contributed by atoms with van der Waals surface area (Å²) in [6.07, 6.45) is 1.56. The topological polar surface area (TPSA) is 70.5 Å². The van der Waals surface area contributed by atoms with Crippen LogP contribution in [0.4, 0.5) is 0 Å². The molecule has 0 bridgehead atoms. The van der Waals surface area contributed by atoms with Gasteiger partial charge in [-0.05, 0) is 12.1 Å². The first-order chi connectivity index (χ1) is 10.9. The number of hydrogen-bond donors (Lipinski definition) is 0. The number of thioether (sulfide) groups is 1. The van der Waals surface area contributed by atoms with Crippen LogP contribution in [0.5, 0.6) is 0 Å². The largest absolute Gasteiger partial charge is 0.459 e. The van der Waals surface area contributed by atoms with Gasteiger partial charge in [0, 0.05) is 17.3 Å². The molecule has 0 saturated carbocycles. The Labute approximate surface area is 130 Å². The van der Waals surface area contributed by atoms with Crippen LogP contribution in [0.15, 0.2) is 62.8 Å². The minimum absolute atomic E-state index is 0.328. The zero-order valence-electron chi connectivity index (χ0n) is 11.5. The maximum atomic E-state index is 5.82. The van der Waals surface area contributed by atoms with E-state index < -0.39 is 5.12 Å². The minimum atomic E-state index is -0.950. The highest BCUT2D eigenvalue weighted by Crippen LogP contribution is 2.45. The lowest BCUT2D eigenvalue weighted by molar-refractivity contribution is -0.0822. The fraction of sp³-hybridized carbons (Fsp3) is 0.200. The Kier molecular flexibility index (Phi) is 3.45. The normalized spacial score (nSPS) is 16.9.